The summed E-state index contributed by atoms with van der Waals surface area (Å²) in [4.78, 5) is 26.6. The number of carbonyl (C=O) groups excluding carboxylic acids is 2. The molecule has 1 unspecified atom stereocenters. The van der Waals surface area contributed by atoms with E-state index in [9.17, 15) is 9.59 Å². The van der Waals surface area contributed by atoms with Crippen LogP contribution in [-0.4, -0.2) is 81.9 Å². The van der Waals surface area contributed by atoms with Crippen molar-refractivity contribution in [2.75, 3.05) is 64.5 Å². The number of rotatable bonds is 7. The number of halogens is 2. The second kappa shape index (κ2) is 13.7. The van der Waals surface area contributed by atoms with Gasteiger partial charge in [-0.15, -0.1) is 24.8 Å². The summed E-state index contributed by atoms with van der Waals surface area (Å²) in [5, 5.41) is 9.04. The SMILES string of the molecule is Cl.Cl.O=C(CC1COCCN1)Nc1ccc(C(=O)NCCN2CCOCC2)cc1. The number of hydrogen-bond donors (Lipinski definition) is 3. The first kappa shape index (κ1) is 25.6. The van der Waals surface area contributed by atoms with Crippen LogP contribution in [-0.2, 0) is 14.3 Å². The third kappa shape index (κ3) is 8.86. The van der Waals surface area contributed by atoms with E-state index in [0.717, 1.165) is 39.4 Å². The zero-order valence-electron chi connectivity index (χ0n) is 16.4. The van der Waals surface area contributed by atoms with E-state index in [-0.39, 0.29) is 42.7 Å². The van der Waals surface area contributed by atoms with Crippen LogP contribution in [0.2, 0.25) is 0 Å². The third-order valence-corrected chi connectivity index (χ3v) is 4.68. The van der Waals surface area contributed by atoms with Crippen molar-refractivity contribution < 1.29 is 19.1 Å². The maximum absolute atomic E-state index is 12.2. The fourth-order valence-corrected chi connectivity index (χ4v) is 3.15. The molecule has 2 saturated heterocycles. The molecule has 1 aromatic carbocycles. The summed E-state index contributed by atoms with van der Waals surface area (Å²) in [7, 11) is 0. The predicted octanol–water partition coefficient (Wildman–Crippen LogP) is 0.909. The fraction of sp³-hybridized carbons (Fsp3) is 0.579. The molecule has 1 atom stereocenters. The minimum atomic E-state index is -0.107. The number of benzene rings is 1. The van der Waals surface area contributed by atoms with Crippen molar-refractivity contribution in [3.05, 3.63) is 29.8 Å². The summed E-state index contributed by atoms with van der Waals surface area (Å²) in [6.45, 7) is 6.77. The van der Waals surface area contributed by atoms with Crippen LogP contribution in [0.25, 0.3) is 0 Å². The Kier molecular flexibility index (Phi) is 12.1. The normalized spacial score (nSPS) is 19.4. The molecule has 2 fully saturated rings. The maximum atomic E-state index is 12.2. The van der Waals surface area contributed by atoms with Crippen LogP contribution >= 0.6 is 24.8 Å². The number of hydrogen-bond acceptors (Lipinski definition) is 6. The lowest BCUT2D eigenvalue weighted by Gasteiger charge is -2.26. The van der Waals surface area contributed by atoms with Gasteiger partial charge in [-0.1, -0.05) is 0 Å². The molecule has 0 saturated carbocycles. The monoisotopic (exact) mass is 448 g/mol. The van der Waals surface area contributed by atoms with E-state index >= 15 is 0 Å². The quantitative estimate of drug-likeness (QED) is 0.573. The van der Waals surface area contributed by atoms with Crippen molar-refractivity contribution in [3.8, 4) is 0 Å². The fourth-order valence-electron chi connectivity index (χ4n) is 3.15. The summed E-state index contributed by atoms with van der Waals surface area (Å²) in [6.07, 6.45) is 0.365. The lowest BCUT2D eigenvalue weighted by Crippen LogP contribution is -2.43. The highest BCUT2D eigenvalue weighted by molar-refractivity contribution is 5.95. The van der Waals surface area contributed by atoms with Gasteiger partial charge in [0.25, 0.3) is 5.91 Å². The summed E-state index contributed by atoms with van der Waals surface area (Å²) in [6, 6.07) is 7.00. The molecular weight excluding hydrogens is 419 g/mol. The molecule has 3 N–H and O–H groups in total. The van der Waals surface area contributed by atoms with Gasteiger partial charge in [0.2, 0.25) is 5.91 Å². The molecule has 2 aliphatic heterocycles. The topological polar surface area (TPSA) is 91.9 Å². The maximum Gasteiger partial charge on any atom is 0.251 e. The lowest BCUT2D eigenvalue weighted by molar-refractivity contribution is -0.117. The van der Waals surface area contributed by atoms with Gasteiger partial charge in [-0.05, 0) is 24.3 Å². The average Bonchev–Trinajstić information content (AvgIpc) is 2.70. The Labute approximate surface area is 183 Å². The molecule has 0 aliphatic carbocycles. The first-order valence-electron chi connectivity index (χ1n) is 9.50. The van der Waals surface area contributed by atoms with Crippen LogP contribution in [0.3, 0.4) is 0 Å². The molecule has 0 spiro atoms. The minimum absolute atomic E-state index is 0. The molecule has 10 heteroatoms. The van der Waals surface area contributed by atoms with E-state index < -0.39 is 0 Å². The van der Waals surface area contributed by atoms with Crippen LogP contribution < -0.4 is 16.0 Å². The van der Waals surface area contributed by atoms with Gasteiger partial charge in [0.15, 0.2) is 0 Å². The highest BCUT2D eigenvalue weighted by atomic mass is 35.5. The van der Waals surface area contributed by atoms with E-state index in [1.807, 2.05) is 0 Å². The highest BCUT2D eigenvalue weighted by Gasteiger charge is 2.17. The van der Waals surface area contributed by atoms with Crippen molar-refractivity contribution >= 4 is 42.3 Å². The number of anilines is 1. The Hall–Kier alpha value is -1.42. The molecule has 0 aromatic heterocycles. The van der Waals surface area contributed by atoms with Crippen LogP contribution in [0.5, 0.6) is 0 Å². The summed E-state index contributed by atoms with van der Waals surface area (Å²) in [5.74, 6) is -0.176. The standard InChI is InChI=1S/C19H28N4O4.2ClH/c24-18(13-17-14-27-10-6-20-17)22-16-3-1-15(2-4-16)19(25)21-5-7-23-8-11-26-12-9-23;;/h1-4,17,20H,5-14H2,(H,21,25)(H,22,24);2*1H. The van der Waals surface area contributed by atoms with Gasteiger partial charge in [0.1, 0.15) is 0 Å². The second-order valence-electron chi connectivity index (χ2n) is 6.77. The van der Waals surface area contributed by atoms with Crippen molar-refractivity contribution in [2.24, 2.45) is 0 Å². The van der Waals surface area contributed by atoms with Crippen molar-refractivity contribution in [1.82, 2.24) is 15.5 Å². The van der Waals surface area contributed by atoms with Gasteiger partial charge in [-0.3, -0.25) is 14.5 Å². The molecule has 0 bridgehead atoms. The molecule has 164 valence electrons. The molecule has 3 rings (SSSR count). The first-order chi connectivity index (χ1) is 13.2. The Bertz CT molecular complexity index is 621. The Morgan fingerprint density at radius 2 is 1.79 bits per heavy atom. The molecule has 1 aromatic rings. The number of ether oxygens (including phenoxy) is 2. The average molecular weight is 449 g/mol. The van der Waals surface area contributed by atoms with E-state index in [4.69, 9.17) is 9.47 Å². The van der Waals surface area contributed by atoms with Gasteiger partial charge >= 0.3 is 0 Å². The molecular formula is C19H30Cl2N4O4. The molecule has 29 heavy (non-hydrogen) atoms. The zero-order valence-corrected chi connectivity index (χ0v) is 18.0. The van der Waals surface area contributed by atoms with Gasteiger partial charge in [-0.25, -0.2) is 0 Å². The van der Waals surface area contributed by atoms with Gasteiger partial charge < -0.3 is 25.4 Å². The summed E-state index contributed by atoms with van der Waals surface area (Å²) < 4.78 is 10.7. The van der Waals surface area contributed by atoms with Crippen LogP contribution in [0, 0.1) is 0 Å². The molecule has 8 nitrogen and oxygen atoms in total. The van der Waals surface area contributed by atoms with E-state index in [1.54, 1.807) is 24.3 Å². The summed E-state index contributed by atoms with van der Waals surface area (Å²) >= 11 is 0. The Morgan fingerprint density at radius 3 is 2.45 bits per heavy atom. The third-order valence-electron chi connectivity index (χ3n) is 4.68. The zero-order chi connectivity index (χ0) is 18.9. The lowest BCUT2D eigenvalue weighted by atomic mass is 10.1. The van der Waals surface area contributed by atoms with Gasteiger partial charge in [0, 0.05) is 56.4 Å². The van der Waals surface area contributed by atoms with Crippen LogP contribution in [0.1, 0.15) is 16.8 Å². The van der Waals surface area contributed by atoms with E-state index in [0.29, 0.717) is 37.4 Å². The number of amides is 2. The van der Waals surface area contributed by atoms with Crippen LogP contribution in [0.4, 0.5) is 5.69 Å². The van der Waals surface area contributed by atoms with Crippen molar-refractivity contribution in [3.63, 3.8) is 0 Å². The van der Waals surface area contributed by atoms with E-state index in [1.165, 1.54) is 0 Å². The van der Waals surface area contributed by atoms with Crippen molar-refractivity contribution in [2.45, 2.75) is 12.5 Å². The number of nitrogens with zero attached hydrogens (tertiary/aromatic N) is 1. The van der Waals surface area contributed by atoms with Gasteiger partial charge in [0.05, 0.1) is 26.4 Å². The largest absolute Gasteiger partial charge is 0.379 e. The number of morpholine rings is 2. The van der Waals surface area contributed by atoms with E-state index in [2.05, 4.69) is 20.9 Å². The minimum Gasteiger partial charge on any atom is -0.379 e. The second-order valence-corrected chi connectivity index (χ2v) is 6.77. The number of carbonyl (C=O) groups is 2. The summed E-state index contributed by atoms with van der Waals surface area (Å²) in [5.41, 5.74) is 1.26. The predicted molar refractivity (Wildman–Crippen MR) is 116 cm³/mol. The van der Waals surface area contributed by atoms with Gasteiger partial charge in [-0.2, -0.15) is 0 Å². The molecule has 2 amide bonds. The Balaban J connectivity index is 0.00000210. The Morgan fingerprint density at radius 1 is 1.07 bits per heavy atom. The molecule has 0 radical (unpaired) electrons. The molecule has 2 heterocycles. The molecule has 2 aliphatic rings. The smallest absolute Gasteiger partial charge is 0.251 e. The first-order valence-corrected chi connectivity index (χ1v) is 9.50. The van der Waals surface area contributed by atoms with Crippen LogP contribution in [0.15, 0.2) is 24.3 Å². The number of nitrogens with one attached hydrogen (secondary N) is 3. The highest BCUT2D eigenvalue weighted by Crippen LogP contribution is 2.11. The van der Waals surface area contributed by atoms with Crippen molar-refractivity contribution in [1.29, 1.82) is 0 Å².